The molecule has 0 aromatic carbocycles. The normalized spacial score (nSPS) is 18.4. The lowest BCUT2D eigenvalue weighted by atomic mass is 9.86. The predicted octanol–water partition coefficient (Wildman–Crippen LogP) is 5.44. The third-order valence-corrected chi connectivity index (χ3v) is 8.97. The number of nitrogens with zero attached hydrogens (tertiary/aromatic N) is 4. The molecule has 3 aliphatic rings. The van der Waals surface area contributed by atoms with E-state index in [1.807, 2.05) is 0 Å². The molecule has 1 saturated carbocycles. The van der Waals surface area contributed by atoms with Crippen molar-refractivity contribution in [2.24, 2.45) is 11.8 Å². The summed E-state index contributed by atoms with van der Waals surface area (Å²) in [5.41, 5.74) is 1.11. The summed E-state index contributed by atoms with van der Waals surface area (Å²) in [6.45, 7) is 3.59. The number of pyridine rings is 1. The highest BCUT2D eigenvalue weighted by Crippen LogP contribution is 2.43. The fourth-order valence-electron chi connectivity index (χ4n) is 5.86. The third kappa shape index (κ3) is 5.96. The van der Waals surface area contributed by atoms with Crippen LogP contribution >= 0.6 is 11.3 Å². The monoisotopic (exact) mass is 596 g/mol. The smallest absolute Gasteiger partial charge is 0.304 e. The van der Waals surface area contributed by atoms with Crippen LogP contribution in [0.3, 0.4) is 0 Å². The Kier molecular flexibility index (Phi) is 8.09. The minimum Gasteiger partial charge on any atom is -0.481 e. The highest BCUT2D eigenvalue weighted by atomic mass is 32.1. The Bertz CT molecular complexity index is 1480. The lowest BCUT2D eigenvalue weighted by molar-refractivity contribution is -0.141. The maximum atomic E-state index is 15.6. The van der Waals surface area contributed by atoms with Crippen molar-refractivity contribution in [1.82, 2.24) is 9.97 Å². The van der Waals surface area contributed by atoms with Gasteiger partial charge in [0, 0.05) is 49.9 Å². The molecule has 6 rings (SSSR count). The van der Waals surface area contributed by atoms with E-state index in [9.17, 15) is 19.5 Å². The summed E-state index contributed by atoms with van der Waals surface area (Å²) < 4.78 is 27.0. The first-order valence-electron chi connectivity index (χ1n) is 14.4. The molecule has 222 valence electrons. The van der Waals surface area contributed by atoms with Gasteiger partial charge >= 0.3 is 5.97 Å². The van der Waals surface area contributed by atoms with E-state index in [-0.39, 0.29) is 41.0 Å². The van der Waals surface area contributed by atoms with Gasteiger partial charge in [-0.25, -0.2) is 9.97 Å². The third-order valence-electron chi connectivity index (χ3n) is 8.13. The quantitative estimate of drug-likeness (QED) is 0.328. The molecule has 0 radical (unpaired) electrons. The van der Waals surface area contributed by atoms with E-state index >= 15 is 4.39 Å². The topological polar surface area (TPSA) is 126 Å². The number of halogens is 1. The number of aryl methyl sites for hydroxylation is 1. The number of hydrogen-bond acceptors (Lipinski definition) is 8. The van der Waals surface area contributed by atoms with E-state index in [4.69, 9.17) is 9.15 Å². The van der Waals surface area contributed by atoms with E-state index in [2.05, 4.69) is 9.97 Å². The minimum absolute atomic E-state index is 0.0370. The van der Waals surface area contributed by atoms with Crippen LogP contribution in [0.5, 0.6) is 0 Å². The van der Waals surface area contributed by atoms with Gasteiger partial charge in [-0.3, -0.25) is 24.2 Å². The number of aromatic nitrogens is 2. The molecule has 1 aliphatic carbocycles. The largest absolute Gasteiger partial charge is 0.481 e. The average Bonchev–Trinajstić information content (AvgIpc) is 3.40. The number of carbonyl (C=O) groups is 3. The van der Waals surface area contributed by atoms with Crippen LogP contribution < -0.4 is 9.80 Å². The number of anilines is 2. The molecule has 3 aromatic heterocycles. The van der Waals surface area contributed by atoms with Gasteiger partial charge in [-0.05, 0) is 69.6 Å². The van der Waals surface area contributed by atoms with Crippen LogP contribution in [0.2, 0.25) is 0 Å². The van der Waals surface area contributed by atoms with Crippen molar-refractivity contribution in [3.63, 3.8) is 0 Å². The molecule has 5 heterocycles. The molecule has 2 amide bonds. The van der Waals surface area contributed by atoms with Gasteiger partial charge < -0.3 is 14.3 Å². The zero-order chi connectivity index (χ0) is 29.4. The van der Waals surface area contributed by atoms with Crippen molar-refractivity contribution in [2.45, 2.75) is 64.3 Å². The molecule has 0 bridgehead atoms. The van der Waals surface area contributed by atoms with E-state index in [1.165, 1.54) is 4.90 Å². The molecule has 3 fully saturated rings. The fraction of sp³-hybridized carbons (Fsp3) is 0.500. The Morgan fingerprint density at radius 2 is 2.02 bits per heavy atom. The number of furan rings is 1. The molecule has 2 saturated heterocycles. The molecule has 1 atom stereocenters. The van der Waals surface area contributed by atoms with Crippen LogP contribution in [-0.2, 0) is 19.1 Å². The van der Waals surface area contributed by atoms with Gasteiger partial charge in [-0.1, -0.05) is 11.3 Å². The number of amides is 2. The van der Waals surface area contributed by atoms with Gasteiger partial charge in [0.1, 0.15) is 23.0 Å². The molecule has 1 unspecified atom stereocenters. The molecule has 0 spiro atoms. The highest BCUT2D eigenvalue weighted by molar-refractivity contribution is 7.14. The second-order valence-corrected chi connectivity index (χ2v) is 12.2. The molecule has 42 heavy (non-hydrogen) atoms. The minimum atomic E-state index is -1.03. The Morgan fingerprint density at radius 3 is 2.67 bits per heavy atom. The summed E-state index contributed by atoms with van der Waals surface area (Å²) in [6, 6.07) is 5.11. The summed E-state index contributed by atoms with van der Waals surface area (Å²) in [6.07, 6.45) is 6.16. The molecule has 2 aliphatic heterocycles. The SMILES string of the molecule is Cc1cc(-c2nc(N(C(=O)C(CC(=O)O)CC3CCOCC3)C3CC3)sc2F)c(-c2ccc(N3CCCC3=O)nc2)o1. The van der Waals surface area contributed by atoms with E-state index < -0.39 is 17.0 Å². The van der Waals surface area contributed by atoms with E-state index in [0.29, 0.717) is 61.1 Å². The number of rotatable bonds is 10. The molecular weight excluding hydrogens is 563 g/mol. The van der Waals surface area contributed by atoms with Crippen LogP contribution in [0.1, 0.15) is 57.1 Å². The first kappa shape index (κ1) is 28.5. The average molecular weight is 597 g/mol. The number of hydrogen-bond donors (Lipinski definition) is 1. The Hall–Kier alpha value is -3.64. The lowest BCUT2D eigenvalue weighted by Gasteiger charge is -2.29. The van der Waals surface area contributed by atoms with Crippen molar-refractivity contribution in [2.75, 3.05) is 29.6 Å². The first-order valence-corrected chi connectivity index (χ1v) is 15.3. The molecule has 1 N–H and O–H groups in total. The molecular formula is C30H33FN4O6S. The second kappa shape index (κ2) is 11.9. The summed E-state index contributed by atoms with van der Waals surface area (Å²) >= 11 is 0.787. The number of thiazole rings is 1. The van der Waals surface area contributed by atoms with Crippen LogP contribution in [0.15, 0.2) is 28.8 Å². The van der Waals surface area contributed by atoms with Crippen molar-refractivity contribution >= 4 is 40.1 Å². The maximum Gasteiger partial charge on any atom is 0.304 e. The van der Waals surface area contributed by atoms with Gasteiger partial charge in [-0.15, -0.1) is 0 Å². The maximum absolute atomic E-state index is 15.6. The fourth-order valence-corrected chi connectivity index (χ4v) is 6.75. The van der Waals surface area contributed by atoms with E-state index in [1.54, 1.807) is 36.2 Å². The van der Waals surface area contributed by atoms with Crippen molar-refractivity contribution in [3.8, 4) is 22.6 Å². The Balaban J connectivity index is 1.29. The summed E-state index contributed by atoms with van der Waals surface area (Å²) in [7, 11) is 0. The van der Waals surface area contributed by atoms with Gasteiger partial charge in [0.05, 0.1) is 12.0 Å². The zero-order valence-corrected chi connectivity index (χ0v) is 24.2. The van der Waals surface area contributed by atoms with Gasteiger partial charge in [0.2, 0.25) is 16.9 Å². The number of carbonyl (C=O) groups excluding carboxylic acids is 2. The van der Waals surface area contributed by atoms with Gasteiger partial charge in [0.25, 0.3) is 0 Å². The summed E-state index contributed by atoms with van der Waals surface area (Å²) in [4.78, 5) is 50.0. The van der Waals surface area contributed by atoms with E-state index in [0.717, 1.165) is 43.4 Å². The van der Waals surface area contributed by atoms with Crippen molar-refractivity contribution in [1.29, 1.82) is 0 Å². The van der Waals surface area contributed by atoms with Gasteiger partial charge in [-0.2, -0.15) is 4.39 Å². The first-order chi connectivity index (χ1) is 20.3. The Labute approximate surface area is 246 Å². The number of carboxylic acid groups (broad SMARTS) is 1. The van der Waals surface area contributed by atoms with Crippen LogP contribution in [0, 0.1) is 23.9 Å². The van der Waals surface area contributed by atoms with Gasteiger partial charge in [0.15, 0.2) is 5.13 Å². The highest BCUT2D eigenvalue weighted by Gasteiger charge is 2.41. The number of aliphatic carboxylic acids is 1. The molecule has 10 nitrogen and oxygen atoms in total. The molecule has 12 heteroatoms. The van der Waals surface area contributed by atoms with Crippen LogP contribution in [0.4, 0.5) is 15.3 Å². The Morgan fingerprint density at radius 1 is 1.24 bits per heavy atom. The standard InChI is InChI=1S/C30H33FN4O6S/c1-17-13-22(27(41-17)19-4-7-23(32-16-19)34-10-2-3-24(34)36)26-28(31)42-30(33-26)35(21-5-6-21)29(39)20(15-25(37)38)14-18-8-11-40-12-9-18/h4,7,13,16,18,20-21H,2-3,5-6,8-12,14-15H2,1H3,(H,37,38). The van der Waals surface area contributed by atoms with Crippen molar-refractivity contribution in [3.05, 3.63) is 35.3 Å². The van der Waals surface area contributed by atoms with Crippen molar-refractivity contribution < 1.29 is 33.0 Å². The van der Waals surface area contributed by atoms with Crippen LogP contribution in [-0.4, -0.2) is 58.7 Å². The zero-order valence-electron chi connectivity index (χ0n) is 23.4. The van der Waals surface area contributed by atoms with Crippen LogP contribution in [0.25, 0.3) is 22.6 Å². The second-order valence-electron chi connectivity index (χ2n) is 11.3. The summed E-state index contributed by atoms with van der Waals surface area (Å²) in [5, 5.41) is 9.26. The molecule has 3 aromatic rings. The number of ether oxygens (including phenoxy) is 1. The lowest BCUT2D eigenvalue weighted by Crippen LogP contribution is -2.40. The summed E-state index contributed by atoms with van der Waals surface area (Å²) in [5.74, 6) is -0.319. The number of carboxylic acids is 1. The predicted molar refractivity (Wildman–Crippen MR) is 154 cm³/mol.